The fraction of sp³-hybridized carbons (Fsp3) is 0.261. The van der Waals surface area contributed by atoms with Crippen molar-refractivity contribution in [2.24, 2.45) is 0 Å². The number of benzene rings is 2. The smallest absolute Gasteiger partial charge is 0.347 e. The molecule has 146 valence electrons. The minimum Gasteiger partial charge on any atom is -0.488 e. The summed E-state index contributed by atoms with van der Waals surface area (Å²) >= 11 is 0. The number of hydrogen-bond donors (Lipinski definition) is 0. The standard InChI is InChI=1S/C23H23FO4/c1-3-4-5-6-16-7-9-17(10-8-16)20-15-18-11-12-19(27-14-13-26-2)22(24)21(18)23(25)28-20/h3-4,7-12,15H,5-6,13-14H2,1-2H3/b4-3+. The third-order valence-corrected chi connectivity index (χ3v) is 4.45. The maximum atomic E-state index is 14.7. The highest BCUT2D eigenvalue weighted by atomic mass is 19.1. The molecule has 0 spiro atoms. The van der Waals surface area contributed by atoms with Gasteiger partial charge >= 0.3 is 5.63 Å². The number of allylic oxidation sites excluding steroid dienone is 2. The summed E-state index contributed by atoms with van der Waals surface area (Å²) in [6.45, 7) is 2.53. The van der Waals surface area contributed by atoms with Crippen molar-refractivity contribution in [2.45, 2.75) is 19.8 Å². The van der Waals surface area contributed by atoms with Crippen LogP contribution in [0.1, 0.15) is 18.9 Å². The Labute approximate surface area is 163 Å². The van der Waals surface area contributed by atoms with Crippen LogP contribution >= 0.6 is 0 Å². The van der Waals surface area contributed by atoms with E-state index in [4.69, 9.17) is 13.9 Å². The van der Waals surface area contributed by atoms with E-state index in [0.717, 1.165) is 18.4 Å². The van der Waals surface area contributed by atoms with Gasteiger partial charge in [0, 0.05) is 12.7 Å². The molecule has 3 aromatic rings. The van der Waals surface area contributed by atoms with Gasteiger partial charge in [-0.05, 0) is 42.8 Å². The summed E-state index contributed by atoms with van der Waals surface area (Å²) in [5.74, 6) is -0.298. The van der Waals surface area contributed by atoms with Crippen LogP contribution in [-0.4, -0.2) is 20.3 Å². The number of methoxy groups -OCH3 is 1. The first-order chi connectivity index (χ1) is 13.6. The third kappa shape index (κ3) is 4.49. The second kappa shape index (κ2) is 9.33. The summed E-state index contributed by atoms with van der Waals surface area (Å²) in [7, 11) is 1.53. The summed E-state index contributed by atoms with van der Waals surface area (Å²) in [6, 6.07) is 12.7. The second-order valence-corrected chi connectivity index (χ2v) is 6.39. The molecule has 0 saturated heterocycles. The van der Waals surface area contributed by atoms with Crippen molar-refractivity contribution in [2.75, 3.05) is 20.3 Å². The van der Waals surface area contributed by atoms with Gasteiger partial charge in [0.2, 0.25) is 0 Å². The van der Waals surface area contributed by atoms with Gasteiger partial charge in [-0.3, -0.25) is 0 Å². The van der Waals surface area contributed by atoms with Gasteiger partial charge in [-0.1, -0.05) is 42.5 Å². The zero-order valence-corrected chi connectivity index (χ0v) is 16.0. The van der Waals surface area contributed by atoms with Crippen molar-refractivity contribution in [3.8, 4) is 17.1 Å². The number of ether oxygens (including phenoxy) is 2. The third-order valence-electron chi connectivity index (χ3n) is 4.45. The summed E-state index contributed by atoms with van der Waals surface area (Å²) in [5.41, 5.74) is 1.25. The molecular formula is C23H23FO4. The Morgan fingerprint density at radius 2 is 1.89 bits per heavy atom. The van der Waals surface area contributed by atoms with Gasteiger partial charge in [0.1, 0.15) is 17.8 Å². The van der Waals surface area contributed by atoms with Crippen molar-refractivity contribution in [3.63, 3.8) is 0 Å². The van der Waals surface area contributed by atoms with Gasteiger partial charge in [0.25, 0.3) is 0 Å². The molecule has 0 fully saturated rings. The minimum absolute atomic E-state index is 0.00934. The summed E-state index contributed by atoms with van der Waals surface area (Å²) in [6.07, 6.45) is 6.08. The Morgan fingerprint density at radius 1 is 1.11 bits per heavy atom. The number of hydrogen-bond acceptors (Lipinski definition) is 4. The Balaban J connectivity index is 1.89. The first-order valence-corrected chi connectivity index (χ1v) is 9.22. The molecule has 0 radical (unpaired) electrons. The minimum atomic E-state index is -0.723. The molecule has 1 aromatic heterocycles. The summed E-state index contributed by atoms with van der Waals surface area (Å²) in [4.78, 5) is 12.4. The van der Waals surface area contributed by atoms with Gasteiger partial charge in [-0.25, -0.2) is 9.18 Å². The predicted molar refractivity (Wildman–Crippen MR) is 108 cm³/mol. The number of aryl methyl sites for hydroxylation is 1. The SMILES string of the molecule is C/C=C/CCc1ccc(-c2cc3ccc(OCCOC)c(F)c3c(=O)o2)cc1. The Bertz CT molecular complexity index is 1020. The van der Waals surface area contributed by atoms with E-state index >= 15 is 0 Å². The Hall–Kier alpha value is -2.92. The lowest BCUT2D eigenvalue weighted by Gasteiger charge is -2.09. The van der Waals surface area contributed by atoms with Crippen LogP contribution in [0.2, 0.25) is 0 Å². The van der Waals surface area contributed by atoms with Gasteiger partial charge in [-0.15, -0.1) is 0 Å². The first kappa shape index (κ1) is 19.8. The maximum absolute atomic E-state index is 14.7. The lowest BCUT2D eigenvalue weighted by atomic mass is 10.0. The fourth-order valence-electron chi connectivity index (χ4n) is 2.96. The van der Waals surface area contributed by atoms with Crippen LogP contribution in [0, 0.1) is 5.82 Å². The van der Waals surface area contributed by atoms with Crippen LogP contribution in [0.4, 0.5) is 4.39 Å². The molecule has 0 amide bonds. The average Bonchev–Trinajstić information content (AvgIpc) is 2.70. The predicted octanol–water partition coefficient (Wildman–Crippen LogP) is 5.13. The van der Waals surface area contributed by atoms with Crippen molar-refractivity contribution in [1.82, 2.24) is 0 Å². The van der Waals surface area contributed by atoms with E-state index in [2.05, 4.69) is 6.08 Å². The monoisotopic (exact) mass is 382 g/mol. The van der Waals surface area contributed by atoms with Crippen LogP contribution in [0.25, 0.3) is 22.1 Å². The quantitative estimate of drug-likeness (QED) is 0.400. The molecule has 0 N–H and O–H groups in total. The van der Waals surface area contributed by atoms with Crippen molar-refractivity contribution < 1.29 is 18.3 Å². The molecule has 5 heteroatoms. The molecule has 0 aliphatic heterocycles. The average molecular weight is 382 g/mol. The second-order valence-electron chi connectivity index (χ2n) is 6.39. The lowest BCUT2D eigenvalue weighted by molar-refractivity contribution is 0.144. The van der Waals surface area contributed by atoms with Crippen LogP contribution in [0.3, 0.4) is 0 Å². The van der Waals surface area contributed by atoms with Crippen molar-refractivity contribution in [1.29, 1.82) is 0 Å². The molecule has 2 aromatic carbocycles. The van der Waals surface area contributed by atoms with E-state index < -0.39 is 11.4 Å². The molecule has 0 saturated carbocycles. The molecule has 4 nitrogen and oxygen atoms in total. The van der Waals surface area contributed by atoms with Crippen molar-refractivity contribution in [3.05, 3.63) is 76.4 Å². The highest BCUT2D eigenvalue weighted by Gasteiger charge is 2.15. The molecule has 0 aliphatic rings. The van der Waals surface area contributed by atoms with Crippen LogP contribution in [-0.2, 0) is 11.2 Å². The van der Waals surface area contributed by atoms with Crippen LogP contribution in [0.5, 0.6) is 5.75 Å². The molecule has 0 aliphatic carbocycles. The normalized spacial score (nSPS) is 11.4. The van der Waals surface area contributed by atoms with E-state index in [1.54, 1.807) is 12.1 Å². The maximum Gasteiger partial charge on any atom is 0.347 e. The van der Waals surface area contributed by atoms with E-state index in [-0.39, 0.29) is 17.7 Å². The number of rotatable bonds is 8. The molecule has 0 unspecified atom stereocenters. The summed E-state index contributed by atoms with van der Waals surface area (Å²) in [5, 5.41) is 0.363. The Kier molecular flexibility index (Phi) is 6.61. The molecule has 3 rings (SSSR count). The van der Waals surface area contributed by atoms with Crippen LogP contribution < -0.4 is 10.4 Å². The van der Waals surface area contributed by atoms with Gasteiger partial charge in [0.15, 0.2) is 11.6 Å². The van der Waals surface area contributed by atoms with Crippen LogP contribution in [0.15, 0.2) is 63.8 Å². The number of halogens is 1. The van der Waals surface area contributed by atoms with Crippen molar-refractivity contribution >= 4 is 10.8 Å². The van der Waals surface area contributed by atoms with E-state index in [0.29, 0.717) is 17.8 Å². The molecule has 28 heavy (non-hydrogen) atoms. The van der Waals surface area contributed by atoms with E-state index in [1.807, 2.05) is 37.3 Å². The molecule has 0 atom stereocenters. The molecule has 1 heterocycles. The lowest BCUT2D eigenvalue weighted by Crippen LogP contribution is -2.08. The van der Waals surface area contributed by atoms with Gasteiger partial charge in [0.05, 0.1) is 6.61 Å². The zero-order chi connectivity index (χ0) is 19.9. The highest BCUT2D eigenvalue weighted by molar-refractivity contribution is 5.86. The highest BCUT2D eigenvalue weighted by Crippen LogP contribution is 2.28. The zero-order valence-electron chi connectivity index (χ0n) is 16.0. The fourth-order valence-corrected chi connectivity index (χ4v) is 2.96. The largest absolute Gasteiger partial charge is 0.488 e. The Morgan fingerprint density at radius 3 is 2.61 bits per heavy atom. The molecule has 0 bridgehead atoms. The summed E-state index contributed by atoms with van der Waals surface area (Å²) < 4.78 is 30.3. The van der Waals surface area contributed by atoms with Gasteiger partial charge < -0.3 is 13.9 Å². The van der Waals surface area contributed by atoms with Gasteiger partial charge in [-0.2, -0.15) is 0 Å². The number of fused-ring (bicyclic) bond motifs is 1. The van der Waals surface area contributed by atoms with E-state index in [9.17, 15) is 9.18 Å². The van der Waals surface area contributed by atoms with E-state index in [1.165, 1.54) is 18.7 Å². The molecular weight excluding hydrogens is 359 g/mol. The topological polar surface area (TPSA) is 48.7 Å². The first-order valence-electron chi connectivity index (χ1n) is 9.22.